The lowest BCUT2D eigenvalue weighted by Crippen LogP contribution is -2.40. The first-order chi connectivity index (χ1) is 14.4. The van der Waals surface area contributed by atoms with E-state index >= 15 is 0 Å². The van der Waals surface area contributed by atoms with Crippen molar-refractivity contribution in [2.75, 3.05) is 57.6 Å². The van der Waals surface area contributed by atoms with Gasteiger partial charge < -0.3 is 24.8 Å². The Morgan fingerprint density at radius 3 is 2.60 bits per heavy atom. The fourth-order valence-electron chi connectivity index (χ4n) is 3.29. The minimum Gasteiger partial charge on any atom is -0.497 e. The van der Waals surface area contributed by atoms with E-state index in [0.717, 1.165) is 17.9 Å². The Morgan fingerprint density at radius 1 is 1.23 bits per heavy atom. The normalized spacial score (nSPS) is 13.1. The first-order valence-corrected chi connectivity index (χ1v) is 10.0. The number of likely N-dealkylation sites (N-methyl/N-ethyl adjacent to an activating group) is 2. The molecule has 0 saturated carbocycles. The zero-order chi connectivity index (χ0) is 21.7. The van der Waals surface area contributed by atoms with Crippen LogP contribution < -0.4 is 15.0 Å². The molecule has 3 rings (SSSR count). The largest absolute Gasteiger partial charge is 0.497 e. The number of amides is 2. The fraction of sp³-hybridized carbons (Fsp3) is 0.409. The van der Waals surface area contributed by atoms with Gasteiger partial charge in [-0.15, -0.1) is 0 Å². The third-order valence-electron chi connectivity index (χ3n) is 5.10. The average molecular weight is 412 g/mol. The fourth-order valence-corrected chi connectivity index (χ4v) is 3.29. The van der Waals surface area contributed by atoms with E-state index in [2.05, 4.69) is 10.3 Å². The highest BCUT2D eigenvalue weighted by Gasteiger charge is 2.27. The number of hydrogen-bond donors (Lipinski definition) is 1. The Kier molecular flexibility index (Phi) is 6.89. The van der Waals surface area contributed by atoms with E-state index in [4.69, 9.17) is 4.74 Å². The van der Waals surface area contributed by atoms with E-state index in [1.807, 2.05) is 50.2 Å². The third-order valence-corrected chi connectivity index (χ3v) is 5.10. The molecule has 1 aromatic heterocycles. The number of ether oxygens (including phenoxy) is 1. The van der Waals surface area contributed by atoms with Crippen LogP contribution in [0, 0.1) is 0 Å². The van der Waals surface area contributed by atoms with E-state index in [1.54, 1.807) is 29.2 Å². The SMILES string of the molecule is CCN(CCN(C)C)C(=O)c1cnc2c(c1)N(Cc1ccc(OC)cc1)C(=O)CN2. The molecule has 0 radical (unpaired) electrons. The Bertz CT molecular complexity index is 898. The van der Waals surface area contributed by atoms with Crippen molar-refractivity contribution in [3.05, 3.63) is 47.7 Å². The van der Waals surface area contributed by atoms with Crippen LogP contribution in [0.4, 0.5) is 11.5 Å². The van der Waals surface area contributed by atoms with Gasteiger partial charge in [0.15, 0.2) is 5.82 Å². The third kappa shape index (κ3) is 4.88. The van der Waals surface area contributed by atoms with Gasteiger partial charge in [-0.1, -0.05) is 12.1 Å². The van der Waals surface area contributed by atoms with Gasteiger partial charge in [0.2, 0.25) is 5.91 Å². The summed E-state index contributed by atoms with van der Waals surface area (Å²) in [6.45, 7) is 4.55. The molecule has 1 aromatic carbocycles. The number of hydrogen-bond acceptors (Lipinski definition) is 6. The Labute approximate surface area is 177 Å². The molecular weight excluding hydrogens is 382 g/mol. The number of nitrogens with zero attached hydrogens (tertiary/aromatic N) is 4. The van der Waals surface area contributed by atoms with Gasteiger partial charge >= 0.3 is 0 Å². The highest BCUT2D eigenvalue weighted by Crippen LogP contribution is 2.30. The predicted molar refractivity (Wildman–Crippen MR) is 117 cm³/mol. The number of anilines is 2. The van der Waals surface area contributed by atoms with Crippen LogP contribution in [0.2, 0.25) is 0 Å². The molecule has 1 N–H and O–H groups in total. The summed E-state index contributed by atoms with van der Waals surface area (Å²) in [5.74, 6) is 1.22. The minimum atomic E-state index is -0.0860. The van der Waals surface area contributed by atoms with Crippen LogP contribution in [0.15, 0.2) is 36.5 Å². The number of methoxy groups -OCH3 is 1. The van der Waals surface area contributed by atoms with Gasteiger partial charge in [-0.3, -0.25) is 9.59 Å². The summed E-state index contributed by atoms with van der Waals surface area (Å²) in [4.78, 5) is 35.6. The van der Waals surface area contributed by atoms with E-state index in [9.17, 15) is 9.59 Å². The maximum absolute atomic E-state index is 13.0. The molecule has 1 aliphatic heterocycles. The zero-order valence-corrected chi connectivity index (χ0v) is 18.0. The summed E-state index contributed by atoms with van der Waals surface area (Å²) >= 11 is 0. The number of pyridine rings is 1. The number of benzene rings is 1. The molecule has 0 spiro atoms. The Balaban J connectivity index is 1.85. The van der Waals surface area contributed by atoms with Gasteiger partial charge in [0, 0.05) is 25.8 Å². The molecule has 8 nitrogen and oxygen atoms in total. The molecule has 0 atom stereocenters. The van der Waals surface area contributed by atoms with Gasteiger partial charge in [-0.05, 0) is 44.8 Å². The van der Waals surface area contributed by atoms with E-state index < -0.39 is 0 Å². The summed E-state index contributed by atoms with van der Waals surface area (Å²) in [6.07, 6.45) is 1.58. The molecule has 30 heavy (non-hydrogen) atoms. The highest BCUT2D eigenvalue weighted by molar-refractivity contribution is 6.04. The number of carbonyl (C=O) groups is 2. The van der Waals surface area contributed by atoms with Crippen molar-refractivity contribution in [2.24, 2.45) is 0 Å². The van der Waals surface area contributed by atoms with Gasteiger partial charge in [0.25, 0.3) is 5.91 Å². The van der Waals surface area contributed by atoms with E-state index in [-0.39, 0.29) is 18.4 Å². The molecule has 0 unspecified atom stereocenters. The maximum atomic E-state index is 13.0. The minimum absolute atomic E-state index is 0.0651. The standard InChI is InChI=1S/C22H29N5O3/c1-5-26(11-10-25(2)3)22(29)17-12-19-21(23-13-17)24-14-20(28)27(19)15-16-6-8-18(30-4)9-7-16/h6-9,12-13H,5,10-11,14-15H2,1-4H3,(H,23,24). The first-order valence-electron chi connectivity index (χ1n) is 10.0. The lowest BCUT2D eigenvalue weighted by molar-refractivity contribution is -0.117. The van der Waals surface area contributed by atoms with Crippen LogP contribution in [-0.2, 0) is 11.3 Å². The second kappa shape index (κ2) is 9.58. The van der Waals surface area contributed by atoms with E-state index in [1.165, 1.54) is 0 Å². The molecular formula is C22H29N5O3. The van der Waals surface area contributed by atoms with Gasteiger partial charge in [0.1, 0.15) is 5.75 Å². The second-order valence-electron chi connectivity index (χ2n) is 7.46. The average Bonchev–Trinajstić information content (AvgIpc) is 2.76. The van der Waals surface area contributed by atoms with Gasteiger partial charge in [-0.2, -0.15) is 0 Å². The number of nitrogens with one attached hydrogen (secondary N) is 1. The summed E-state index contributed by atoms with van der Waals surface area (Å²) in [5.41, 5.74) is 2.07. The van der Waals surface area contributed by atoms with E-state index in [0.29, 0.717) is 36.7 Å². The van der Waals surface area contributed by atoms with Crippen LogP contribution >= 0.6 is 0 Å². The van der Waals surface area contributed by atoms with Crippen molar-refractivity contribution in [1.82, 2.24) is 14.8 Å². The molecule has 2 heterocycles. The second-order valence-corrected chi connectivity index (χ2v) is 7.46. The van der Waals surface area contributed by atoms with Crippen LogP contribution in [0.1, 0.15) is 22.8 Å². The van der Waals surface area contributed by atoms with Crippen molar-refractivity contribution in [3.8, 4) is 5.75 Å². The smallest absolute Gasteiger partial charge is 0.255 e. The number of carbonyl (C=O) groups excluding carboxylic acids is 2. The molecule has 0 aliphatic carbocycles. The summed E-state index contributed by atoms with van der Waals surface area (Å²) in [7, 11) is 5.58. The molecule has 0 fully saturated rings. The van der Waals surface area contributed by atoms with Crippen LogP contribution in [0.3, 0.4) is 0 Å². The molecule has 2 amide bonds. The summed E-state index contributed by atoms with van der Waals surface area (Å²) in [5, 5.41) is 3.04. The predicted octanol–water partition coefficient (Wildman–Crippen LogP) is 2.07. The van der Waals surface area contributed by atoms with Gasteiger partial charge in [-0.25, -0.2) is 4.98 Å². The number of fused-ring (bicyclic) bond motifs is 1. The van der Waals surface area contributed by atoms with Crippen LogP contribution in [0.25, 0.3) is 0 Å². The monoisotopic (exact) mass is 411 g/mol. The van der Waals surface area contributed by atoms with Crippen molar-refractivity contribution < 1.29 is 14.3 Å². The first kappa shape index (κ1) is 21.6. The Morgan fingerprint density at radius 2 is 1.97 bits per heavy atom. The summed E-state index contributed by atoms with van der Waals surface area (Å²) in [6, 6.07) is 9.35. The molecule has 2 aromatic rings. The quantitative estimate of drug-likeness (QED) is 0.717. The molecule has 0 saturated heterocycles. The van der Waals surface area contributed by atoms with Crippen molar-refractivity contribution in [1.29, 1.82) is 0 Å². The molecule has 0 bridgehead atoms. The molecule has 8 heteroatoms. The van der Waals surface area contributed by atoms with Crippen molar-refractivity contribution in [2.45, 2.75) is 13.5 Å². The zero-order valence-electron chi connectivity index (χ0n) is 18.0. The van der Waals surface area contributed by atoms with Crippen LogP contribution in [0.5, 0.6) is 5.75 Å². The number of rotatable bonds is 8. The molecule has 160 valence electrons. The maximum Gasteiger partial charge on any atom is 0.255 e. The highest BCUT2D eigenvalue weighted by atomic mass is 16.5. The number of aromatic nitrogens is 1. The Hall–Kier alpha value is -3.13. The lowest BCUT2D eigenvalue weighted by Gasteiger charge is -2.30. The topological polar surface area (TPSA) is 78.0 Å². The lowest BCUT2D eigenvalue weighted by atomic mass is 10.1. The molecule has 1 aliphatic rings. The van der Waals surface area contributed by atoms with Crippen LogP contribution in [-0.4, -0.2) is 74.0 Å². The van der Waals surface area contributed by atoms with Gasteiger partial charge in [0.05, 0.1) is 31.5 Å². The van der Waals surface area contributed by atoms with Crippen molar-refractivity contribution in [3.63, 3.8) is 0 Å². The van der Waals surface area contributed by atoms with Crippen molar-refractivity contribution >= 4 is 23.3 Å². The summed E-state index contributed by atoms with van der Waals surface area (Å²) < 4.78 is 5.20.